The molecule has 0 heterocycles. The molecule has 1 N–H and O–H groups in total. The molecule has 0 atom stereocenters. The van der Waals surface area contributed by atoms with Crippen molar-refractivity contribution in [3.8, 4) is 0 Å². The Kier molecular flexibility index (Phi) is 5.68. The quantitative estimate of drug-likeness (QED) is 0.442. The first-order valence-corrected chi connectivity index (χ1v) is 5.96. The minimum atomic E-state index is -0.235. The maximum Gasteiger partial charge on any atom is 0.332 e. The van der Waals surface area contributed by atoms with Crippen LogP contribution in [0.1, 0.15) is 39.0 Å². The van der Waals surface area contributed by atoms with E-state index in [1.54, 1.807) is 6.08 Å². The lowest BCUT2D eigenvalue weighted by atomic mass is 9.98. The summed E-state index contributed by atoms with van der Waals surface area (Å²) in [7, 11) is 0. The van der Waals surface area contributed by atoms with Gasteiger partial charge in [-0.25, -0.2) is 4.79 Å². The Hall–Kier alpha value is -1.25. The summed E-state index contributed by atoms with van der Waals surface area (Å²) in [6.07, 6.45) is 9.04. The number of nitrogens with one attached hydrogen (secondary N) is 1. The second kappa shape index (κ2) is 7.09. The molecule has 0 saturated heterocycles. The van der Waals surface area contributed by atoms with Gasteiger partial charge in [-0.05, 0) is 32.6 Å². The fourth-order valence-corrected chi connectivity index (χ4v) is 1.84. The normalized spacial score (nSPS) is 17.9. The van der Waals surface area contributed by atoms with Crippen LogP contribution in [0.25, 0.3) is 0 Å². The van der Waals surface area contributed by atoms with Crippen molar-refractivity contribution in [3.05, 3.63) is 24.4 Å². The summed E-state index contributed by atoms with van der Waals surface area (Å²) in [6.45, 7) is 6.12. The van der Waals surface area contributed by atoms with Gasteiger partial charge in [0.1, 0.15) is 6.10 Å². The van der Waals surface area contributed by atoms with Crippen LogP contribution in [-0.2, 0) is 9.53 Å². The minimum Gasteiger partial charge on any atom is -0.459 e. The third kappa shape index (κ3) is 5.01. The van der Waals surface area contributed by atoms with Crippen molar-refractivity contribution in [1.29, 1.82) is 0 Å². The van der Waals surface area contributed by atoms with E-state index >= 15 is 0 Å². The number of allylic oxidation sites excluding steroid dienone is 1. The van der Waals surface area contributed by atoms with Crippen molar-refractivity contribution in [3.63, 3.8) is 0 Å². The summed E-state index contributed by atoms with van der Waals surface area (Å²) in [5.74, 6) is -0.235. The van der Waals surface area contributed by atoms with Crippen molar-refractivity contribution >= 4 is 5.97 Å². The van der Waals surface area contributed by atoms with E-state index < -0.39 is 0 Å². The third-order valence-electron chi connectivity index (χ3n) is 2.69. The zero-order valence-electron chi connectivity index (χ0n) is 10.00. The SMILES string of the molecule is C=CCN/C(C)=C\C(=O)OC1CCCCC1. The fourth-order valence-electron chi connectivity index (χ4n) is 1.84. The number of hydrogen-bond acceptors (Lipinski definition) is 3. The molecule has 0 aromatic heterocycles. The van der Waals surface area contributed by atoms with Crippen LogP contribution in [0.15, 0.2) is 24.4 Å². The van der Waals surface area contributed by atoms with Gasteiger partial charge in [0, 0.05) is 18.3 Å². The summed E-state index contributed by atoms with van der Waals surface area (Å²) < 4.78 is 5.36. The maximum absolute atomic E-state index is 11.5. The van der Waals surface area contributed by atoms with E-state index in [2.05, 4.69) is 11.9 Å². The average molecular weight is 223 g/mol. The molecule has 0 unspecified atom stereocenters. The van der Waals surface area contributed by atoms with E-state index in [0.717, 1.165) is 18.5 Å². The van der Waals surface area contributed by atoms with E-state index in [1.165, 1.54) is 25.3 Å². The maximum atomic E-state index is 11.5. The van der Waals surface area contributed by atoms with Crippen molar-refractivity contribution < 1.29 is 9.53 Å². The molecule has 0 radical (unpaired) electrons. The smallest absolute Gasteiger partial charge is 0.332 e. The van der Waals surface area contributed by atoms with Crippen LogP contribution in [0, 0.1) is 0 Å². The number of rotatable bonds is 5. The lowest BCUT2D eigenvalue weighted by Gasteiger charge is -2.21. The van der Waals surface area contributed by atoms with Gasteiger partial charge in [-0.3, -0.25) is 0 Å². The number of ether oxygens (including phenoxy) is 1. The second-order valence-electron chi connectivity index (χ2n) is 4.19. The molecule has 0 amide bonds. The van der Waals surface area contributed by atoms with Crippen molar-refractivity contribution in [2.75, 3.05) is 6.54 Å². The molecule has 0 aromatic carbocycles. The molecule has 3 heteroatoms. The Morgan fingerprint density at radius 1 is 1.44 bits per heavy atom. The molecule has 90 valence electrons. The zero-order valence-corrected chi connectivity index (χ0v) is 10.00. The Morgan fingerprint density at radius 3 is 2.75 bits per heavy atom. The topological polar surface area (TPSA) is 38.3 Å². The summed E-state index contributed by atoms with van der Waals surface area (Å²) in [6, 6.07) is 0. The molecule has 16 heavy (non-hydrogen) atoms. The van der Waals surface area contributed by atoms with Gasteiger partial charge in [0.15, 0.2) is 0 Å². The molecular weight excluding hydrogens is 202 g/mol. The van der Waals surface area contributed by atoms with Crippen LogP contribution in [-0.4, -0.2) is 18.6 Å². The molecule has 1 fully saturated rings. The summed E-state index contributed by atoms with van der Waals surface area (Å²) in [4.78, 5) is 11.5. The number of esters is 1. The highest BCUT2D eigenvalue weighted by Gasteiger charge is 2.16. The fraction of sp³-hybridized carbons (Fsp3) is 0.615. The average Bonchev–Trinajstić information content (AvgIpc) is 2.27. The molecule has 1 saturated carbocycles. The molecule has 3 nitrogen and oxygen atoms in total. The van der Waals surface area contributed by atoms with E-state index in [4.69, 9.17) is 4.74 Å². The first kappa shape index (κ1) is 12.8. The van der Waals surface area contributed by atoms with E-state index in [0.29, 0.717) is 6.54 Å². The second-order valence-corrected chi connectivity index (χ2v) is 4.19. The number of carbonyl (C=O) groups is 1. The van der Waals surface area contributed by atoms with Gasteiger partial charge in [0.2, 0.25) is 0 Å². The highest BCUT2D eigenvalue weighted by molar-refractivity contribution is 5.82. The monoisotopic (exact) mass is 223 g/mol. The van der Waals surface area contributed by atoms with Crippen LogP contribution in [0.4, 0.5) is 0 Å². The molecule has 0 spiro atoms. The van der Waals surface area contributed by atoms with E-state index in [9.17, 15) is 4.79 Å². The summed E-state index contributed by atoms with van der Waals surface area (Å²) in [5.41, 5.74) is 0.820. The standard InChI is InChI=1S/C13H21NO2/c1-3-9-14-11(2)10-13(15)16-12-7-5-4-6-8-12/h3,10,12,14H,1,4-9H2,2H3/b11-10-. The van der Waals surface area contributed by atoms with Crippen LogP contribution in [0.5, 0.6) is 0 Å². The van der Waals surface area contributed by atoms with Crippen molar-refractivity contribution in [2.45, 2.75) is 45.1 Å². The Morgan fingerprint density at radius 2 is 2.12 bits per heavy atom. The predicted octanol–water partition coefficient (Wildman–Crippen LogP) is 2.54. The first-order valence-electron chi connectivity index (χ1n) is 5.96. The largest absolute Gasteiger partial charge is 0.459 e. The number of hydrogen-bond donors (Lipinski definition) is 1. The van der Waals surface area contributed by atoms with Crippen molar-refractivity contribution in [1.82, 2.24) is 5.32 Å². The molecule has 0 aliphatic heterocycles. The molecular formula is C13H21NO2. The zero-order chi connectivity index (χ0) is 11.8. The minimum absolute atomic E-state index is 0.129. The van der Waals surface area contributed by atoms with Crippen LogP contribution >= 0.6 is 0 Å². The Labute approximate surface area is 97.6 Å². The van der Waals surface area contributed by atoms with Gasteiger partial charge in [-0.15, -0.1) is 6.58 Å². The van der Waals surface area contributed by atoms with Gasteiger partial charge in [-0.1, -0.05) is 12.5 Å². The van der Waals surface area contributed by atoms with Gasteiger partial charge in [0.25, 0.3) is 0 Å². The Balaban J connectivity index is 2.30. The van der Waals surface area contributed by atoms with Gasteiger partial charge >= 0.3 is 5.97 Å². The van der Waals surface area contributed by atoms with Crippen molar-refractivity contribution in [2.24, 2.45) is 0 Å². The van der Waals surface area contributed by atoms with Gasteiger partial charge in [0.05, 0.1) is 0 Å². The van der Waals surface area contributed by atoms with Crippen LogP contribution in [0.2, 0.25) is 0 Å². The van der Waals surface area contributed by atoms with Crippen LogP contribution in [0.3, 0.4) is 0 Å². The molecule has 0 bridgehead atoms. The third-order valence-corrected chi connectivity index (χ3v) is 2.69. The highest BCUT2D eigenvalue weighted by Crippen LogP contribution is 2.20. The lowest BCUT2D eigenvalue weighted by molar-refractivity contribution is -0.144. The lowest BCUT2D eigenvalue weighted by Crippen LogP contribution is -2.21. The molecule has 1 aliphatic carbocycles. The molecule has 0 aromatic rings. The van der Waals surface area contributed by atoms with Crippen LogP contribution < -0.4 is 5.32 Å². The molecule has 1 rings (SSSR count). The Bertz CT molecular complexity index is 265. The van der Waals surface area contributed by atoms with Gasteiger partial charge < -0.3 is 10.1 Å². The first-order chi connectivity index (χ1) is 7.72. The summed E-state index contributed by atoms with van der Waals surface area (Å²) >= 11 is 0. The number of carbonyl (C=O) groups excluding carboxylic acids is 1. The van der Waals surface area contributed by atoms with Gasteiger partial charge in [-0.2, -0.15) is 0 Å². The van der Waals surface area contributed by atoms with E-state index in [1.807, 2.05) is 6.92 Å². The highest BCUT2D eigenvalue weighted by atomic mass is 16.5. The summed E-state index contributed by atoms with van der Waals surface area (Å²) in [5, 5.41) is 3.04. The predicted molar refractivity (Wildman–Crippen MR) is 64.9 cm³/mol. The molecule has 1 aliphatic rings. The van der Waals surface area contributed by atoms with E-state index in [-0.39, 0.29) is 12.1 Å².